The predicted octanol–water partition coefficient (Wildman–Crippen LogP) is 4.92. The number of aromatic nitrogens is 1. The molecule has 0 radical (unpaired) electrons. The zero-order chi connectivity index (χ0) is 11.9. The van der Waals surface area contributed by atoms with Gasteiger partial charge in [-0.25, -0.2) is 0 Å². The maximum atomic E-state index is 6.47. The summed E-state index contributed by atoms with van der Waals surface area (Å²) >= 11 is 8.77. The first-order chi connectivity index (χ1) is 7.52. The quantitative estimate of drug-likeness (QED) is 0.668. The van der Waals surface area contributed by atoms with E-state index in [0.717, 1.165) is 30.8 Å². The van der Waals surface area contributed by atoms with Crippen molar-refractivity contribution in [3.8, 4) is 0 Å². The molecule has 0 unspecified atom stereocenters. The number of hydrogen-bond donors (Lipinski definition) is 0. The van der Waals surface area contributed by atoms with Gasteiger partial charge in [-0.2, -0.15) is 0 Å². The number of halogens is 2. The van der Waals surface area contributed by atoms with Crippen LogP contribution in [0.4, 0.5) is 0 Å². The number of nitrogens with zero attached hydrogens (tertiary/aromatic N) is 1. The lowest BCUT2D eigenvalue weighted by Gasteiger charge is -2.14. The molecule has 84 valence electrons. The summed E-state index contributed by atoms with van der Waals surface area (Å²) in [5.41, 5.74) is 3.21. The van der Waals surface area contributed by atoms with E-state index in [1.54, 1.807) is 0 Å². The molecule has 1 heterocycles. The molecule has 0 fully saturated rings. The van der Waals surface area contributed by atoms with Crippen LogP contribution in [0.5, 0.6) is 0 Å². The Morgan fingerprint density at radius 2 is 2.00 bits per heavy atom. The first-order valence-corrected chi connectivity index (χ1v) is 6.72. The summed E-state index contributed by atoms with van der Waals surface area (Å²) in [5, 5.41) is 1.92. The van der Waals surface area contributed by atoms with E-state index in [9.17, 15) is 0 Å². The Hall–Kier alpha value is -0.350. The fourth-order valence-electron chi connectivity index (χ4n) is 2.01. The first-order valence-electron chi connectivity index (χ1n) is 5.26. The Bertz CT molecular complexity index is 549. The molecule has 1 nitrogen and oxygen atoms in total. The second-order valence-corrected chi connectivity index (χ2v) is 5.76. The smallest absolute Gasteiger partial charge is 0.0853 e. The Labute approximate surface area is 114 Å². The first kappa shape index (κ1) is 12.1. The molecule has 3 heteroatoms. The molecule has 0 aliphatic carbocycles. The number of rotatable bonds is 1. The van der Waals surface area contributed by atoms with Gasteiger partial charge in [0.05, 0.1) is 10.5 Å². The van der Waals surface area contributed by atoms with Crippen molar-refractivity contribution in [2.24, 2.45) is 0 Å². The van der Waals surface area contributed by atoms with Gasteiger partial charge in [0.1, 0.15) is 0 Å². The third-order valence-electron chi connectivity index (χ3n) is 2.71. The van der Waals surface area contributed by atoms with E-state index in [2.05, 4.69) is 47.5 Å². The van der Waals surface area contributed by atoms with E-state index < -0.39 is 0 Å². The molecule has 0 atom stereocenters. The molecule has 0 saturated heterocycles. The molecule has 0 spiro atoms. The van der Waals surface area contributed by atoms with Gasteiger partial charge in [-0.05, 0) is 47.1 Å². The lowest BCUT2D eigenvalue weighted by atomic mass is 9.99. The minimum Gasteiger partial charge on any atom is -0.252 e. The molecule has 0 aliphatic rings. The van der Waals surface area contributed by atoms with Crippen LogP contribution < -0.4 is 0 Å². The van der Waals surface area contributed by atoms with Gasteiger partial charge in [-0.3, -0.25) is 4.98 Å². The van der Waals surface area contributed by atoms with E-state index in [1.807, 2.05) is 19.1 Å². The largest absolute Gasteiger partial charge is 0.252 e. The molecule has 16 heavy (non-hydrogen) atoms. The lowest BCUT2D eigenvalue weighted by molar-refractivity contribution is 0.848. The molecule has 1 aromatic heterocycles. The van der Waals surface area contributed by atoms with Crippen LogP contribution in [-0.4, -0.2) is 4.98 Å². The van der Waals surface area contributed by atoms with Crippen molar-refractivity contribution in [3.63, 3.8) is 0 Å². The van der Waals surface area contributed by atoms with Crippen LogP contribution in [-0.2, 0) is 0 Å². The van der Waals surface area contributed by atoms with Crippen LogP contribution in [0.1, 0.15) is 31.0 Å². The van der Waals surface area contributed by atoms with Crippen molar-refractivity contribution in [1.29, 1.82) is 0 Å². The molecule has 2 aromatic rings. The van der Waals surface area contributed by atoms with Gasteiger partial charge in [0, 0.05) is 14.7 Å². The summed E-state index contributed by atoms with van der Waals surface area (Å²) in [6, 6.07) is 6.12. The second-order valence-electron chi connectivity index (χ2n) is 4.22. The molecule has 0 N–H and O–H groups in total. The van der Waals surface area contributed by atoms with Gasteiger partial charge in [-0.15, -0.1) is 0 Å². The maximum Gasteiger partial charge on any atom is 0.0853 e. The summed E-state index contributed by atoms with van der Waals surface area (Å²) in [6.45, 7) is 6.33. The zero-order valence-corrected chi connectivity index (χ0v) is 12.4. The standard InChI is InChI=1S/C13H13ClIN/c1-7(2)11-8(3)16-13-9(12(11)14)5-4-6-10(13)15/h4-7H,1-3H3. The summed E-state index contributed by atoms with van der Waals surface area (Å²) in [5.74, 6) is 0.405. The van der Waals surface area contributed by atoms with Crippen molar-refractivity contribution >= 4 is 45.1 Å². The Balaban J connectivity index is 2.89. The number of hydrogen-bond acceptors (Lipinski definition) is 1. The van der Waals surface area contributed by atoms with Gasteiger partial charge >= 0.3 is 0 Å². The van der Waals surface area contributed by atoms with Gasteiger partial charge in [0.25, 0.3) is 0 Å². The van der Waals surface area contributed by atoms with Crippen molar-refractivity contribution in [1.82, 2.24) is 4.98 Å². The van der Waals surface area contributed by atoms with E-state index >= 15 is 0 Å². The van der Waals surface area contributed by atoms with E-state index in [4.69, 9.17) is 11.6 Å². The average molecular weight is 346 g/mol. The third-order valence-corrected chi connectivity index (χ3v) is 3.98. The summed E-state index contributed by atoms with van der Waals surface area (Å²) in [7, 11) is 0. The van der Waals surface area contributed by atoms with Gasteiger partial charge in [-0.1, -0.05) is 37.6 Å². The fraction of sp³-hybridized carbons (Fsp3) is 0.308. The third kappa shape index (κ3) is 1.93. The average Bonchev–Trinajstić information content (AvgIpc) is 2.19. The Morgan fingerprint density at radius 1 is 1.31 bits per heavy atom. The van der Waals surface area contributed by atoms with Crippen molar-refractivity contribution in [2.75, 3.05) is 0 Å². The summed E-state index contributed by atoms with van der Waals surface area (Å²) in [6.07, 6.45) is 0. The highest BCUT2D eigenvalue weighted by atomic mass is 127. The van der Waals surface area contributed by atoms with Crippen LogP contribution in [0.25, 0.3) is 10.9 Å². The SMILES string of the molecule is Cc1nc2c(I)cccc2c(Cl)c1C(C)C. The summed E-state index contributed by atoms with van der Waals surface area (Å²) in [4.78, 5) is 4.67. The van der Waals surface area contributed by atoms with E-state index in [0.29, 0.717) is 5.92 Å². The monoisotopic (exact) mass is 345 g/mol. The van der Waals surface area contributed by atoms with Crippen molar-refractivity contribution < 1.29 is 0 Å². The highest BCUT2D eigenvalue weighted by Gasteiger charge is 2.14. The summed E-state index contributed by atoms with van der Waals surface area (Å²) < 4.78 is 1.15. The van der Waals surface area contributed by atoms with Crippen LogP contribution in [0.2, 0.25) is 5.02 Å². The topological polar surface area (TPSA) is 12.9 Å². The molecule has 0 aliphatic heterocycles. The zero-order valence-electron chi connectivity index (χ0n) is 9.51. The van der Waals surface area contributed by atoms with Crippen LogP contribution >= 0.6 is 34.2 Å². The number of aryl methyl sites for hydroxylation is 1. The molecule has 2 rings (SSSR count). The molecule has 1 aromatic carbocycles. The van der Waals surface area contributed by atoms with Crippen molar-refractivity contribution in [2.45, 2.75) is 26.7 Å². The van der Waals surface area contributed by atoms with Gasteiger partial charge < -0.3 is 0 Å². The Kier molecular flexibility index (Phi) is 3.40. The fourth-order valence-corrected chi connectivity index (χ4v) is 3.14. The molecular weight excluding hydrogens is 333 g/mol. The molecule has 0 saturated carbocycles. The number of fused-ring (bicyclic) bond motifs is 1. The number of pyridine rings is 1. The lowest BCUT2D eigenvalue weighted by Crippen LogP contribution is -1.99. The van der Waals surface area contributed by atoms with Gasteiger partial charge in [0.2, 0.25) is 0 Å². The van der Waals surface area contributed by atoms with Crippen LogP contribution in [0.3, 0.4) is 0 Å². The van der Waals surface area contributed by atoms with Crippen molar-refractivity contribution in [3.05, 3.63) is 38.0 Å². The maximum absolute atomic E-state index is 6.47. The molecular formula is C13H13ClIN. The predicted molar refractivity (Wildman–Crippen MR) is 78.3 cm³/mol. The van der Waals surface area contributed by atoms with Crippen LogP contribution in [0, 0.1) is 10.5 Å². The van der Waals surface area contributed by atoms with E-state index in [-0.39, 0.29) is 0 Å². The van der Waals surface area contributed by atoms with Gasteiger partial charge in [0.15, 0.2) is 0 Å². The number of benzene rings is 1. The highest BCUT2D eigenvalue weighted by Crippen LogP contribution is 2.34. The van der Waals surface area contributed by atoms with Crippen LogP contribution in [0.15, 0.2) is 18.2 Å². The normalized spacial score (nSPS) is 11.4. The second kappa shape index (κ2) is 4.49. The minimum atomic E-state index is 0.405. The molecule has 0 amide bonds. The number of para-hydroxylation sites is 1. The van der Waals surface area contributed by atoms with E-state index in [1.165, 1.54) is 0 Å². The minimum absolute atomic E-state index is 0.405. The Morgan fingerprint density at radius 3 is 2.62 bits per heavy atom. The highest BCUT2D eigenvalue weighted by molar-refractivity contribution is 14.1. The molecule has 0 bridgehead atoms.